The van der Waals surface area contributed by atoms with E-state index in [2.05, 4.69) is 78.7 Å². The van der Waals surface area contributed by atoms with Gasteiger partial charge < -0.3 is 9.88 Å². The number of para-hydroxylation sites is 1. The van der Waals surface area contributed by atoms with Crippen LogP contribution in [0.4, 0.5) is 5.69 Å². The Balaban J connectivity index is 2.17. The van der Waals surface area contributed by atoms with Crippen molar-refractivity contribution in [2.75, 3.05) is 19.0 Å². The molecule has 0 bridgehead atoms. The highest BCUT2D eigenvalue weighted by Crippen LogP contribution is 2.30. The molecule has 1 heterocycles. The Morgan fingerprint density at radius 3 is 2.61 bits per heavy atom. The van der Waals surface area contributed by atoms with Gasteiger partial charge in [-0.2, -0.15) is 0 Å². The van der Waals surface area contributed by atoms with Crippen LogP contribution in [-0.4, -0.2) is 19.1 Å². The summed E-state index contributed by atoms with van der Waals surface area (Å²) >= 11 is 0. The van der Waals surface area contributed by atoms with E-state index in [0.29, 0.717) is 0 Å². The highest BCUT2D eigenvalue weighted by Gasteiger charge is 2.06. The minimum absolute atomic E-state index is 1.18. The molecule has 2 aromatic carbocycles. The molecule has 0 unspecified atom stereocenters. The molecule has 0 spiro atoms. The van der Waals surface area contributed by atoms with Crippen LogP contribution >= 0.6 is 0 Å². The zero-order valence-electron chi connectivity index (χ0n) is 10.6. The number of nitrogens with zero attached hydrogens (tertiary/aromatic N) is 1. The van der Waals surface area contributed by atoms with Crippen LogP contribution in [0.25, 0.3) is 22.0 Å². The lowest BCUT2D eigenvalue weighted by atomic mass is 10.0. The van der Waals surface area contributed by atoms with Gasteiger partial charge in [-0.1, -0.05) is 30.3 Å². The van der Waals surface area contributed by atoms with Gasteiger partial charge in [0.1, 0.15) is 0 Å². The fourth-order valence-electron chi connectivity index (χ4n) is 2.26. The predicted octanol–water partition coefficient (Wildman–Crippen LogP) is 3.90. The number of benzene rings is 2. The van der Waals surface area contributed by atoms with Gasteiger partial charge in [0, 0.05) is 42.4 Å². The standard InChI is InChI=1S/C16H16N2/c1-18(2)13-7-5-6-12(10-13)15-11-17-16-9-4-3-8-14(15)16/h3-11,17H,1-2H3. The van der Waals surface area contributed by atoms with Gasteiger partial charge in [-0.3, -0.25) is 0 Å². The first-order valence-electron chi connectivity index (χ1n) is 6.09. The third kappa shape index (κ3) is 1.76. The summed E-state index contributed by atoms with van der Waals surface area (Å²) in [4.78, 5) is 5.45. The Hall–Kier alpha value is -2.22. The van der Waals surface area contributed by atoms with Crippen LogP contribution in [0.3, 0.4) is 0 Å². The molecule has 2 heteroatoms. The van der Waals surface area contributed by atoms with Crippen LogP contribution < -0.4 is 4.90 Å². The number of aromatic amines is 1. The monoisotopic (exact) mass is 236 g/mol. The number of hydrogen-bond donors (Lipinski definition) is 1. The first-order valence-corrected chi connectivity index (χ1v) is 6.09. The average molecular weight is 236 g/mol. The van der Waals surface area contributed by atoms with E-state index in [0.717, 1.165) is 0 Å². The van der Waals surface area contributed by atoms with Crippen molar-refractivity contribution in [2.45, 2.75) is 0 Å². The average Bonchev–Trinajstić information content (AvgIpc) is 2.82. The Labute approximate surface area is 107 Å². The summed E-state index contributed by atoms with van der Waals surface area (Å²) in [5.74, 6) is 0. The summed E-state index contributed by atoms with van der Waals surface area (Å²) in [5, 5.41) is 1.27. The lowest BCUT2D eigenvalue weighted by Gasteiger charge is -2.13. The fourth-order valence-corrected chi connectivity index (χ4v) is 2.26. The van der Waals surface area contributed by atoms with Crippen molar-refractivity contribution in [3.8, 4) is 11.1 Å². The van der Waals surface area contributed by atoms with Gasteiger partial charge >= 0.3 is 0 Å². The highest BCUT2D eigenvalue weighted by molar-refractivity contribution is 5.95. The molecule has 0 aliphatic heterocycles. The minimum atomic E-state index is 1.18. The maximum atomic E-state index is 3.32. The number of rotatable bonds is 2. The SMILES string of the molecule is CN(C)c1cccc(-c2c[nH]c3ccccc23)c1. The van der Waals surface area contributed by atoms with Gasteiger partial charge in [-0.25, -0.2) is 0 Å². The first kappa shape index (κ1) is 10.9. The molecule has 0 atom stereocenters. The van der Waals surface area contributed by atoms with Crippen LogP contribution in [0.1, 0.15) is 0 Å². The van der Waals surface area contributed by atoms with E-state index < -0.39 is 0 Å². The fraction of sp³-hybridized carbons (Fsp3) is 0.125. The van der Waals surface area contributed by atoms with Gasteiger partial charge in [-0.15, -0.1) is 0 Å². The summed E-state index contributed by atoms with van der Waals surface area (Å²) in [6.45, 7) is 0. The Morgan fingerprint density at radius 2 is 1.78 bits per heavy atom. The van der Waals surface area contributed by atoms with Crippen molar-refractivity contribution in [2.24, 2.45) is 0 Å². The van der Waals surface area contributed by atoms with E-state index in [4.69, 9.17) is 0 Å². The summed E-state index contributed by atoms with van der Waals surface area (Å²) in [6.07, 6.45) is 2.08. The molecule has 0 aliphatic rings. The number of anilines is 1. The smallest absolute Gasteiger partial charge is 0.0460 e. The second-order valence-corrected chi connectivity index (χ2v) is 4.69. The molecule has 0 aliphatic carbocycles. The highest BCUT2D eigenvalue weighted by atomic mass is 15.1. The quantitative estimate of drug-likeness (QED) is 0.715. The predicted molar refractivity (Wildman–Crippen MR) is 78.1 cm³/mol. The zero-order valence-corrected chi connectivity index (χ0v) is 10.6. The summed E-state index contributed by atoms with van der Waals surface area (Å²) < 4.78 is 0. The van der Waals surface area contributed by atoms with Crippen molar-refractivity contribution in [3.05, 3.63) is 54.7 Å². The van der Waals surface area contributed by atoms with Crippen molar-refractivity contribution >= 4 is 16.6 Å². The number of aromatic nitrogens is 1. The minimum Gasteiger partial charge on any atom is -0.378 e. The summed E-state index contributed by atoms with van der Waals surface area (Å²) in [6, 6.07) is 17.0. The molecular formula is C16H16N2. The maximum absolute atomic E-state index is 3.32. The second kappa shape index (κ2) is 4.22. The van der Waals surface area contributed by atoms with Crippen LogP contribution in [0.5, 0.6) is 0 Å². The zero-order chi connectivity index (χ0) is 12.5. The molecular weight excluding hydrogens is 220 g/mol. The summed E-state index contributed by atoms with van der Waals surface area (Å²) in [5.41, 5.74) is 4.91. The van der Waals surface area contributed by atoms with Crippen molar-refractivity contribution in [3.63, 3.8) is 0 Å². The van der Waals surface area contributed by atoms with Crippen molar-refractivity contribution in [1.82, 2.24) is 4.98 Å². The molecule has 0 fully saturated rings. The molecule has 0 saturated heterocycles. The van der Waals surface area contributed by atoms with Crippen LogP contribution in [-0.2, 0) is 0 Å². The first-order chi connectivity index (χ1) is 8.75. The topological polar surface area (TPSA) is 19.0 Å². The van der Waals surface area contributed by atoms with Gasteiger partial charge in [-0.05, 0) is 23.8 Å². The van der Waals surface area contributed by atoms with Gasteiger partial charge in [0.05, 0.1) is 0 Å². The van der Waals surface area contributed by atoms with Crippen molar-refractivity contribution < 1.29 is 0 Å². The van der Waals surface area contributed by atoms with E-state index in [9.17, 15) is 0 Å². The lowest BCUT2D eigenvalue weighted by molar-refractivity contribution is 1.13. The van der Waals surface area contributed by atoms with Crippen molar-refractivity contribution in [1.29, 1.82) is 0 Å². The molecule has 3 aromatic rings. The van der Waals surface area contributed by atoms with Gasteiger partial charge in [0.25, 0.3) is 0 Å². The molecule has 3 rings (SSSR count). The van der Waals surface area contributed by atoms with Gasteiger partial charge in [0.2, 0.25) is 0 Å². The van der Waals surface area contributed by atoms with Gasteiger partial charge in [0.15, 0.2) is 0 Å². The number of H-pyrrole nitrogens is 1. The molecule has 1 N–H and O–H groups in total. The molecule has 1 aromatic heterocycles. The molecule has 0 radical (unpaired) electrons. The summed E-state index contributed by atoms with van der Waals surface area (Å²) in [7, 11) is 4.13. The third-order valence-electron chi connectivity index (χ3n) is 3.26. The molecule has 18 heavy (non-hydrogen) atoms. The van der Waals surface area contributed by atoms with E-state index in [-0.39, 0.29) is 0 Å². The normalized spacial score (nSPS) is 10.8. The van der Waals surface area contributed by atoms with Crippen LogP contribution in [0.2, 0.25) is 0 Å². The van der Waals surface area contributed by atoms with Crippen LogP contribution in [0.15, 0.2) is 54.7 Å². The maximum Gasteiger partial charge on any atom is 0.0460 e. The lowest BCUT2D eigenvalue weighted by Crippen LogP contribution is -2.08. The van der Waals surface area contributed by atoms with E-state index >= 15 is 0 Å². The Kier molecular flexibility index (Phi) is 2.56. The third-order valence-corrected chi connectivity index (χ3v) is 3.26. The Morgan fingerprint density at radius 1 is 0.944 bits per heavy atom. The Bertz CT molecular complexity index is 680. The van der Waals surface area contributed by atoms with E-state index in [1.165, 1.54) is 27.7 Å². The number of fused-ring (bicyclic) bond motifs is 1. The largest absolute Gasteiger partial charge is 0.378 e. The number of nitrogens with one attached hydrogen (secondary N) is 1. The van der Waals surface area contributed by atoms with Crippen LogP contribution in [0, 0.1) is 0 Å². The number of hydrogen-bond acceptors (Lipinski definition) is 1. The van der Waals surface area contributed by atoms with E-state index in [1.54, 1.807) is 0 Å². The molecule has 2 nitrogen and oxygen atoms in total. The molecule has 0 saturated carbocycles. The molecule has 0 amide bonds. The second-order valence-electron chi connectivity index (χ2n) is 4.69. The molecule has 90 valence electrons. The van der Waals surface area contributed by atoms with E-state index in [1.807, 2.05) is 0 Å².